The summed E-state index contributed by atoms with van der Waals surface area (Å²) in [6.45, 7) is 3.66. The third-order valence-electron chi connectivity index (χ3n) is 3.58. The highest BCUT2D eigenvalue weighted by Gasteiger charge is 2.36. The Morgan fingerprint density at radius 2 is 2.14 bits per heavy atom. The first kappa shape index (κ1) is 9.97. The van der Waals surface area contributed by atoms with Crippen molar-refractivity contribution in [3.8, 4) is 0 Å². The summed E-state index contributed by atoms with van der Waals surface area (Å²) in [5.41, 5.74) is 0.319. The first-order valence-electron chi connectivity index (χ1n) is 5.55. The van der Waals surface area contributed by atoms with Gasteiger partial charge in [0.1, 0.15) is 0 Å². The van der Waals surface area contributed by atoms with Crippen molar-refractivity contribution in [3.05, 3.63) is 0 Å². The predicted molar refractivity (Wildman–Crippen MR) is 53.8 cm³/mol. The van der Waals surface area contributed by atoms with E-state index in [4.69, 9.17) is 0 Å². The molecule has 1 atom stereocenters. The topological polar surface area (TPSA) is 40.5 Å². The first-order valence-corrected chi connectivity index (χ1v) is 5.55. The predicted octanol–water partition coefficient (Wildman–Crippen LogP) is 1.16. The molecule has 80 valence electrons. The number of hydrogen-bond donors (Lipinski definition) is 1. The second-order valence-electron chi connectivity index (χ2n) is 5.15. The zero-order chi connectivity index (χ0) is 10.2. The van der Waals surface area contributed by atoms with Gasteiger partial charge in [-0.1, -0.05) is 19.8 Å². The van der Waals surface area contributed by atoms with Gasteiger partial charge < -0.3 is 10.0 Å². The van der Waals surface area contributed by atoms with Crippen molar-refractivity contribution in [2.75, 3.05) is 13.1 Å². The summed E-state index contributed by atoms with van der Waals surface area (Å²) in [6.07, 6.45) is 4.95. The fourth-order valence-electron chi connectivity index (χ4n) is 2.75. The minimum absolute atomic E-state index is 0.130. The summed E-state index contributed by atoms with van der Waals surface area (Å²) >= 11 is 0. The zero-order valence-corrected chi connectivity index (χ0v) is 8.83. The highest BCUT2D eigenvalue weighted by Crippen LogP contribution is 2.38. The molecule has 1 aliphatic carbocycles. The van der Waals surface area contributed by atoms with Crippen LogP contribution in [0, 0.1) is 5.41 Å². The minimum atomic E-state index is -0.424. The van der Waals surface area contributed by atoms with Gasteiger partial charge >= 0.3 is 0 Å². The van der Waals surface area contributed by atoms with Crippen LogP contribution in [-0.4, -0.2) is 35.1 Å². The summed E-state index contributed by atoms with van der Waals surface area (Å²) in [7, 11) is 0. The molecule has 1 amide bonds. The van der Waals surface area contributed by atoms with Gasteiger partial charge in [-0.3, -0.25) is 4.79 Å². The van der Waals surface area contributed by atoms with Crippen LogP contribution in [0.25, 0.3) is 0 Å². The maximum Gasteiger partial charge on any atom is 0.225 e. The number of rotatable bonds is 2. The lowest BCUT2D eigenvalue weighted by molar-refractivity contribution is -0.129. The first-order chi connectivity index (χ1) is 6.59. The zero-order valence-electron chi connectivity index (χ0n) is 8.83. The average molecular weight is 197 g/mol. The van der Waals surface area contributed by atoms with Crippen molar-refractivity contribution in [2.45, 2.75) is 45.1 Å². The lowest BCUT2D eigenvalue weighted by Crippen LogP contribution is -2.35. The molecule has 0 aromatic heterocycles. The van der Waals surface area contributed by atoms with E-state index in [1.807, 2.05) is 4.90 Å². The van der Waals surface area contributed by atoms with E-state index in [9.17, 15) is 9.90 Å². The summed E-state index contributed by atoms with van der Waals surface area (Å²) < 4.78 is 0. The van der Waals surface area contributed by atoms with E-state index in [1.165, 1.54) is 25.7 Å². The fraction of sp³-hybridized carbons (Fsp3) is 0.909. The van der Waals surface area contributed by atoms with Crippen molar-refractivity contribution in [1.82, 2.24) is 4.90 Å². The van der Waals surface area contributed by atoms with Crippen LogP contribution in [-0.2, 0) is 4.79 Å². The van der Waals surface area contributed by atoms with Crippen LogP contribution < -0.4 is 0 Å². The largest absolute Gasteiger partial charge is 0.391 e. The SMILES string of the molecule is CC1(CN2CC(O)CC2=O)CCCC1. The molecule has 0 bridgehead atoms. The van der Waals surface area contributed by atoms with E-state index < -0.39 is 6.10 Å². The quantitative estimate of drug-likeness (QED) is 0.721. The third kappa shape index (κ3) is 1.92. The minimum Gasteiger partial charge on any atom is -0.391 e. The highest BCUT2D eigenvalue weighted by atomic mass is 16.3. The number of aliphatic hydroxyl groups is 1. The lowest BCUT2D eigenvalue weighted by atomic mass is 9.88. The average Bonchev–Trinajstić information content (AvgIpc) is 2.61. The molecule has 0 aromatic rings. The molecule has 3 heteroatoms. The molecule has 2 rings (SSSR count). The van der Waals surface area contributed by atoms with E-state index in [-0.39, 0.29) is 5.91 Å². The summed E-state index contributed by atoms with van der Waals surface area (Å²) in [5, 5.41) is 9.37. The van der Waals surface area contributed by atoms with Gasteiger partial charge in [-0.2, -0.15) is 0 Å². The van der Waals surface area contributed by atoms with Gasteiger partial charge in [-0.15, -0.1) is 0 Å². The van der Waals surface area contributed by atoms with Crippen molar-refractivity contribution < 1.29 is 9.90 Å². The lowest BCUT2D eigenvalue weighted by Gasteiger charge is -2.29. The summed E-state index contributed by atoms with van der Waals surface area (Å²) in [6, 6.07) is 0. The van der Waals surface area contributed by atoms with E-state index in [0.29, 0.717) is 18.4 Å². The van der Waals surface area contributed by atoms with Crippen molar-refractivity contribution in [1.29, 1.82) is 0 Å². The molecule has 1 aliphatic heterocycles. The molecule has 3 nitrogen and oxygen atoms in total. The van der Waals surface area contributed by atoms with Crippen molar-refractivity contribution in [3.63, 3.8) is 0 Å². The normalized spacial score (nSPS) is 31.4. The molecule has 1 saturated carbocycles. The Kier molecular flexibility index (Phi) is 2.52. The fourth-order valence-corrected chi connectivity index (χ4v) is 2.75. The van der Waals surface area contributed by atoms with Crippen LogP contribution >= 0.6 is 0 Å². The van der Waals surface area contributed by atoms with Crippen LogP contribution in [0.3, 0.4) is 0 Å². The van der Waals surface area contributed by atoms with Crippen LogP contribution in [0.4, 0.5) is 0 Å². The smallest absolute Gasteiger partial charge is 0.225 e. The van der Waals surface area contributed by atoms with Gasteiger partial charge in [-0.05, 0) is 18.3 Å². The van der Waals surface area contributed by atoms with Crippen molar-refractivity contribution in [2.24, 2.45) is 5.41 Å². The van der Waals surface area contributed by atoms with Gasteiger partial charge in [0.15, 0.2) is 0 Å². The number of nitrogens with zero attached hydrogens (tertiary/aromatic N) is 1. The highest BCUT2D eigenvalue weighted by molar-refractivity contribution is 5.79. The molecular formula is C11H19NO2. The number of amides is 1. The Bertz CT molecular complexity index is 233. The number of carbonyl (C=O) groups excluding carboxylic acids is 1. The number of β-amino-alcohol motifs (C(OH)–C–C–N with tert-alkyl or cyclic N) is 1. The van der Waals surface area contributed by atoms with Crippen molar-refractivity contribution >= 4 is 5.91 Å². The monoisotopic (exact) mass is 197 g/mol. The summed E-state index contributed by atoms with van der Waals surface area (Å²) in [5.74, 6) is 0.130. The molecule has 14 heavy (non-hydrogen) atoms. The number of hydrogen-bond acceptors (Lipinski definition) is 2. The van der Waals surface area contributed by atoms with Gasteiger partial charge in [0.2, 0.25) is 5.91 Å². The van der Waals surface area contributed by atoms with E-state index in [1.54, 1.807) is 0 Å². The second-order valence-corrected chi connectivity index (χ2v) is 5.15. The molecule has 2 aliphatic rings. The Hall–Kier alpha value is -0.570. The van der Waals surface area contributed by atoms with Crippen LogP contribution in [0.2, 0.25) is 0 Å². The third-order valence-corrected chi connectivity index (χ3v) is 3.58. The van der Waals surface area contributed by atoms with E-state index >= 15 is 0 Å². The van der Waals surface area contributed by atoms with Gasteiger partial charge in [0.05, 0.1) is 12.5 Å². The molecule has 0 radical (unpaired) electrons. The molecule has 1 saturated heterocycles. The number of likely N-dealkylation sites (tertiary alicyclic amines) is 1. The summed E-state index contributed by atoms with van der Waals surface area (Å²) in [4.78, 5) is 13.3. The maximum absolute atomic E-state index is 11.5. The van der Waals surface area contributed by atoms with Crippen LogP contribution in [0.1, 0.15) is 39.0 Å². The Morgan fingerprint density at radius 1 is 1.50 bits per heavy atom. The van der Waals surface area contributed by atoms with Gasteiger partial charge in [0, 0.05) is 13.1 Å². The maximum atomic E-state index is 11.5. The van der Waals surface area contributed by atoms with Crippen LogP contribution in [0.15, 0.2) is 0 Å². The molecule has 0 aromatic carbocycles. The molecular weight excluding hydrogens is 178 g/mol. The van der Waals surface area contributed by atoms with E-state index in [2.05, 4.69) is 6.92 Å². The van der Waals surface area contributed by atoms with Gasteiger partial charge in [-0.25, -0.2) is 0 Å². The van der Waals surface area contributed by atoms with Gasteiger partial charge in [0.25, 0.3) is 0 Å². The Balaban J connectivity index is 1.93. The van der Waals surface area contributed by atoms with Crippen LogP contribution in [0.5, 0.6) is 0 Å². The molecule has 0 spiro atoms. The number of carbonyl (C=O) groups is 1. The molecule has 1 N–H and O–H groups in total. The molecule has 2 fully saturated rings. The number of aliphatic hydroxyl groups excluding tert-OH is 1. The standard InChI is InChI=1S/C11H19NO2/c1-11(4-2-3-5-11)8-12-7-9(13)6-10(12)14/h9,13H,2-8H2,1H3. The molecule has 1 heterocycles. The van der Waals surface area contributed by atoms with E-state index in [0.717, 1.165) is 6.54 Å². The second kappa shape index (κ2) is 3.54. The molecule has 1 unspecified atom stereocenters. The Morgan fingerprint density at radius 3 is 2.64 bits per heavy atom. The Labute approximate surface area is 85.1 Å².